The van der Waals surface area contributed by atoms with Crippen molar-refractivity contribution in [3.8, 4) is 23.0 Å². The van der Waals surface area contributed by atoms with Crippen LogP contribution in [0.5, 0.6) is 23.0 Å². The highest BCUT2D eigenvalue weighted by Crippen LogP contribution is 2.52. The van der Waals surface area contributed by atoms with Crippen LogP contribution in [-0.2, 0) is 59.3 Å². The number of carbonyl (C=O) groups excluding carboxylic acids is 1. The highest BCUT2D eigenvalue weighted by Gasteiger charge is 2.36. The van der Waals surface area contributed by atoms with E-state index in [2.05, 4.69) is 240 Å². The molecule has 0 aliphatic carbocycles. The Balaban J connectivity index is 0.000000495. The van der Waals surface area contributed by atoms with Crippen LogP contribution in [0.2, 0.25) is 0 Å². The molecule has 0 heterocycles. The normalized spacial score (nSPS) is 12.9. The van der Waals surface area contributed by atoms with Gasteiger partial charge in [-0.2, -0.15) is 0 Å². The molecule has 0 aliphatic heterocycles. The third kappa shape index (κ3) is 24.7. The molecule has 4 aromatic rings. The summed E-state index contributed by atoms with van der Waals surface area (Å²) >= 11 is 0. The minimum Gasteiger partial charge on any atom is -0.507 e. The highest BCUT2D eigenvalue weighted by molar-refractivity contribution is 7.43. The third-order valence-electron chi connectivity index (χ3n) is 21.0. The van der Waals surface area contributed by atoms with E-state index in [9.17, 15) is 9.90 Å². The first-order valence-electron chi connectivity index (χ1n) is 36.2. The van der Waals surface area contributed by atoms with Gasteiger partial charge in [0.15, 0.2) is 0 Å². The molecule has 510 valence electrons. The van der Waals surface area contributed by atoms with Crippen molar-refractivity contribution in [1.82, 2.24) is 0 Å². The van der Waals surface area contributed by atoms with Gasteiger partial charge in [-0.05, 0) is 146 Å². The molecule has 0 unspecified atom stereocenters. The number of benzene rings is 4. The molecule has 0 aliphatic rings. The van der Waals surface area contributed by atoms with Gasteiger partial charge in [-0.1, -0.05) is 318 Å². The lowest BCUT2D eigenvalue weighted by Crippen LogP contribution is -2.23. The molecule has 0 saturated carbocycles. The van der Waals surface area contributed by atoms with Crippen molar-refractivity contribution >= 4 is 14.6 Å². The van der Waals surface area contributed by atoms with Gasteiger partial charge < -0.3 is 23.4 Å². The number of aryl methyl sites for hydroxylation is 1. The van der Waals surface area contributed by atoms with E-state index in [0.29, 0.717) is 25.2 Å². The molecular weight excluding hydrogens is 1120 g/mol. The molecule has 0 radical (unpaired) electrons. The Labute approximate surface area is 556 Å². The molecule has 0 amide bonds. The van der Waals surface area contributed by atoms with Crippen LogP contribution >= 0.6 is 8.60 Å². The predicted molar refractivity (Wildman–Crippen MR) is 392 cm³/mol. The van der Waals surface area contributed by atoms with Crippen LogP contribution in [0, 0.1) is 0 Å². The molecule has 4 aromatic carbocycles. The predicted octanol–water partition coefficient (Wildman–Crippen LogP) is 26.3. The van der Waals surface area contributed by atoms with Gasteiger partial charge in [0.05, 0.1) is 6.61 Å². The SMILES string of the molecule is CCC(C)(C)c1ccc(OP(Oc2ccc(C(C)(C)CC)cc2C(C)(C)CC)Oc2ccc(C(C)(C)CC)cc2C(C)(C)CC)c(C(C)(C)CC)c1.CCCCCCCCCCCCCCCCCCOC(=O)CCc1cc(C(C)(C)C)c(O)c(C(C)(C)C)c1. The largest absolute Gasteiger partial charge is 0.530 e. The molecular formula is C83H137O6P. The summed E-state index contributed by atoms with van der Waals surface area (Å²) in [6, 6.07) is 24.4. The van der Waals surface area contributed by atoms with Crippen molar-refractivity contribution in [1.29, 1.82) is 0 Å². The number of esters is 1. The Morgan fingerprint density at radius 2 is 0.644 bits per heavy atom. The van der Waals surface area contributed by atoms with Gasteiger partial charge in [-0.15, -0.1) is 0 Å². The average Bonchev–Trinajstić information content (AvgIpc) is 0.979. The van der Waals surface area contributed by atoms with Crippen LogP contribution in [0.15, 0.2) is 66.7 Å². The summed E-state index contributed by atoms with van der Waals surface area (Å²) < 4.78 is 26.8. The molecule has 1 N–H and O–H groups in total. The maximum Gasteiger partial charge on any atom is 0.530 e. The van der Waals surface area contributed by atoms with E-state index in [1.807, 2.05) is 0 Å². The number of phenols is 1. The van der Waals surface area contributed by atoms with E-state index >= 15 is 0 Å². The summed E-state index contributed by atoms with van der Waals surface area (Å²) in [6.07, 6.45) is 28.6. The van der Waals surface area contributed by atoms with Crippen LogP contribution < -0.4 is 13.6 Å². The van der Waals surface area contributed by atoms with Gasteiger partial charge in [0.2, 0.25) is 0 Å². The molecule has 90 heavy (non-hydrogen) atoms. The maximum atomic E-state index is 12.3. The minimum absolute atomic E-state index is 0.0537. The summed E-state index contributed by atoms with van der Waals surface area (Å²) in [5.74, 6) is 2.75. The lowest BCUT2D eigenvalue weighted by atomic mass is 9.76. The lowest BCUT2D eigenvalue weighted by molar-refractivity contribution is -0.143. The summed E-state index contributed by atoms with van der Waals surface area (Å²) in [5.41, 5.74) is 10.1. The zero-order valence-corrected chi connectivity index (χ0v) is 63.9. The zero-order chi connectivity index (χ0) is 67.9. The number of hydrogen-bond acceptors (Lipinski definition) is 6. The van der Waals surface area contributed by atoms with Crippen molar-refractivity contribution in [2.75, 3.05) is 6.61 Å². The quantitative estimate of drug-likeness (QED) is 0.0274. The molecule has 7 heteroatoms. The first kappa shape index (κ1) is 80.2. The van der Waals surface area contributed by atoms with Crippen molar-refractivity contribution in [2.45, 2.75) is 371 Å². The Kier molecular flexibility index (Phi) is 32.1. The molecule has 0 atom stereocenters. The van der Waals surface area contributed by atoms with Crippen molar-refractivity contribution < 1.29 is 28.2 Å². The van der Waals surface area contributed by atoms with Crippen molar-refractivity contribution in [3.63, 3.8) is 0 Å². The third-order valence-corrected chi connectivity index (χ3v) is 22.0. The first-order valence-corrected chi connectivity index (χ1v) is 37.3. The first-order chi connectivity index (χ1) is 41.9. The Hall–Kier alpha value is -4.02. The molecule has 4 rings (SSSR count). The van der Waals surface area contributed by atoms with Crippen LogP contribution in [0.3, 0.4) is 0 Å². The number of aromatic hydroxyl groups is 1. The molecule has 0 fully saturated rings. The standard InChI is InChI=1S/C48H75O3P.C35H62O3/c1-19-43(7,8)34-25-28-40(37(31-34)46(13,14)22-4)49-52(50-41-29-26-35(44(9,10)20-2)32-38(41)47(15,16)23-5)51-42-30-27-36(45(11,12)21-3)33-39(42)48(17,18)24-6;1-8-9-10-11-12-13-14-15-16-17-18-19-20-21-22-23-26-38-32(36)25-24-29-27-30(34(2,3)4)33(37)31(28-29)35(5,6)7/h25-33H,19-24H2,1-18H3;27-28,37H,8-26H2,1-7H3. The number of unbranched alkanes of at least 4 members (excludes halogenated alkanes) is 15. The van der Waals surface area contributed by atoms with E-state index in [-0.39, 0.29) is 49.3 Å². The second kappa shape index (κ2) is 36.0. The van der Waals surface area contributed by atoms with Crippen LogP contribution in [0.1, 0.15) is 371 Å². The fraction of sp³-hybridized carbons (Fsp3) is 0.699. The number of rotatable bonds is 38. The Bertz CT molecular complexity index is 2530. The number of phenolic OH excluding ortho intramolecular Hbond substituents is 1. The van der Waals surface area contributed by atoms with Gasteiger partial charge in [-0.3, -0.25) is 4.79 Å². The fourth-order valence-corrected chi connectivity index (χ4v) is 12.4. The highest BCUT2D eigenvalue weighted by atomic mass is 31.2. The van der Waals surface area contributed by atoms with Gasteiger partial charge >= 0.3 is 14.6 Å². The maximum absolute atomic E-state index is 12.3. The van der Waals surface area contributed by atoms with E-state index in [1.54, 1.807) is 0 Å². The minimum atomic E-state index is -1.92. The summed E-state index contributed by atoms with van der Waals surface area (Å²) in [7, 11) is -1.92. The van der Waals surface area contributed by atoms with Gasteiger partial charge in [0.25, 0.3) is 0 Å². The second-order valence-electron chi connectivity index (χ2n) is 32.6. The second-order valence-corrected chi connectivity index (χ2v) is 33.6. The fourth-order valence-electron chi connectivity index (χ4n) is 11.3. The number of carbonyl (C=O) groups is 1. The molecule has 0 saturated heterocycles. The molecule has 0 spiro atoms. The van der Waals surface area contributed by atoms with Crippen molar-refractivity contribution in [3.05, 3.63) is 117 Å². The van der Waals surface area contributed by atoms with E-state index in [0.717, 1.165) is 85.3 Å². The lowest BCUT2D eigenvalue weighted by Gasteiger charge is -2.33. The van der Waals surface area contributed by atoms with Gasteiger partial charge in [-0.25, -0.2) is 0 Å². The van der Waals surface area contributed by atoms with E-state index in [1.165, 1.54) is 123 Å². The van der Waals surface area contributed by atoms with E-state index < -0.39 is 8.60 Å². The molecule has 0 bridgehead atoms. The monoisotopic (exact) mass is 1260 g/mol. The zero-order valence-electron chi connectivity index (χ0n) is 63.0. The Morgan fingerprint density at radius 3 is 0.911 bits per heavy atom. The Morgan fingerprint density at radius 1 is 0.367 bits per heavy atom. The summed E-state index contributed by atoms with van der Waals surface area (Å²) in [6.45, 7) is 56.9. The van der Waals surface area contributed by atoms with Crippen molar-refractivity contribution in [2.24, 2.45) is 0 Å². The summed E-state index contributed by atoms with van der Waals surface area (Å²) in [5, 5.41) is 10.9. The summed E-state index contributed by atoms with van der Waals surface area (Å²) in [4.78, 5) is 12.3. The van der Waals surface area contributed by atoms with Gasteiger partial charge in [0, 0.05) is 23.1 Å². The number of hydrogen-bond donors (Lipinski definition) is 1. The van der Waals surface area contributed by atoms with Crippen LogP contribution in [-0.4, -0.2) is 17.7 Å². The molecule has 6 nitrogen and oxygen atoms in total. The molecule has 0 aromatic heterocycles. The van der Waals surface area contributed by atoms with Crippen LogP contribution in [0.25, 0.3) is 0 Å². The van der Waals surface area contributed by atoms with E-state index in [4.69, 9.17) is 18.3 Å². The van der Waals surface area contributed by atoms with Gasteiger partial charge in [0.1, 0.15) is 23.0 Å². The van der Waals surface area contributed by atoms with Crippen LogP contribution in [0.4, 0.5) is 0 Å². The smallest absolute Gasteiger partial charge is 0.507 e. The topological polar surface area (TPSA) is 74.2 Å². The number of ether oxygens (including phenoxy) is 1. The average molecular weight is 1260 g/mol.